The number of piperidine rings is 1. The minimum atomic E-state index is -0.662. The van der Waals surface area contributed by atoms with Gasteiger partial charge in [0.15, 0.2) is 0 Å². The summed E-state index contributed by atoms with van der Waals surface area (Å²) < 4.78 is 0. The van der Waals surface area contributed by atoms with Crippen molar-refractivity contribution < 1.29 is 14.7 Å². The lowest BCUT2D eigenvalue weighted by atomic mass is 10.1. The Morgan fingerprint density at radius 3 is 2.62 bits per heavy atom. The van der Waals surface area contributed by atoms with Gasteiger partial charge in [-0.05, 0) is 26.2 Å². The predicted molar refractivity (Wildman–Crippen MR) is 59.4 cm³/mol. The highest BCUT2D eigenvalue weighted by Crippen LogP contribution is 2.11. The van der Waals surface area contributed by atoms with E-state index in [2.05, 4.69) is 11.7 Å². The molecule has 91 valence electrons. The quantitative estimate of drug-likeness (QED) is 0.640. The van der Waals surface area contributed by atoms with Gasteiger partial charge in [-0.2, -0.15) is 0 Å². The van der Waals surface area contributed by atoms with Gasteiger partial charge in [0.05, 0.1) is 6.61 Å². The lowest BCUT2D eigenvalue weighted by Crippen LogP contribution is -2.44. The largest absolute Gasteiger partial charge is 0.395 e. The fourth-order valence-corrected chi connectivity index (χ4v) is 1.69. The number of nitrogens with one attached hydrogen (secondary N) is 1. The first kappa shape index (κ1) is 13.0. The Morgan fingerprint density at radius 2 is 2.06 bits per heavy atom. The van der Waals surface area contributed by atoms with Crippen molar-refractivity contribution in [3.63, 3.8) is 0 Å². The molecular weight excluding hydrogens is 208 g/mol. The Kier molecular flexibility index (Phi) is 5.25. The van der Waals surface area contributed by atoms with Crippen LogP contribution in [0.1, 0.15) is 19.8 Å². The van der Waals surface area contributed by atoms with Gasteiger partial charge in [0.2, 0.25) is 11.8 Å². The van der Waals surface area contributed by atoms with Crippen molar-refractivity contribution in [2.24, 2.45) is 5.92 Å². The molecule has 0 aromatic carbocycles. The third-order valence-electron chi connectivity index (χ3n) is 2.69. The average Bonchev–Trinajstić information content (AvgIpc) is 2.35. The molecule has 2 N–H and O–H groups in total. The van der Waals surface area contributed by atoms with Crippen molar-refractivity contribution in [3.8, 4) is 0 Å². The van der Waals surface area contributed by atoms with Crippen LogP contribution in [-0.2, 0) is 9.59 Å². The second kappa shape index (κ2) is 6.48. The third-order valence-corrected chi connectivity index (χ3v) is 2.69. The molecule has 0 spiro atoms. The van der Waals surface area contributed by atoms with Crippen LogP contribution in [0.15, 0.2) is 0 Å². The molecule has 0 aromatic rings. The molecule has 16 heavy (non-hydrogen) atoms. The highest BCUT2D eigenvalue weighted by Gasteiger charge is 2.26. The highest BCUT2D eigenvalue weighted by molar-refractivity contribution is 5.99. The molecule has 1 heterocycles. The lowest BCUT2D eigenvalue weighted by molar-refractivity contribution is -0.141. The van der Waals surface area contributed by atoms with Crippen LogP contribution < -0.4 is 5.32 Å². The van der Waals surface area contributed by atoms with Crippen molar-refractivity contribution in [1.29, 1.82) is 0 Å². The number of carbonyl (C=O) groups is 2. The van der Waals surface area contributed by atoms with Gasteiger partial charge in [-0.25, -0.2) is 0 Å². The Bertz CT molecular complexity index is 250. The Morgan fingerprint density at radius 1 is 1.44 bits per heavy atom. The maximum atomic E-state index is 11.9. The molecule has 0 aromatic heterocycles. The summed E-state index contributed by atoms with van der Waals surface area (Å²) in [5, 5.41) is 11.1. The molecule has 1 atom stereocenters. The number of aliphatic hydroxyl groups excluding tert-OH is 1. The molecule has 0 aliphatic carbocycles. The van der Waals surface area contributed by atoms with Crippen LogP contribution in [0.25, 0.3) is 0 Å². The van der Waals surface area contributed by atoms with Gasteiger partial charge >= 0.3 is 0 Å². The van der Waals surface area contributed by atoms with Gasteiger partial charge in [0.1, 0.15) is 5.92 Å². The van der Waals surface area contributed by atoms with Crippen LogP contribution in [0.2, 0.25) is 0 Å². The standard InChI is InChI=1S/C11H19N2O3/c1-9(10(15)12-5-8-14)11(16)13-6-3-2-4-7-13/h2,9,14H,3-8H2,1H3,(H,12,15). The number of hydrogen-bond donors (Lipinski definition) is 2. The van der Waals surface area contributed by atoms with E-state index in [1.54, 1.807) is 11.8 Å². The van der Waals surface area contributed by atoms with Crippen LogP contribution in [0.3, 0.4) is 0 Å². The van der Waals surface area contributed by atoms with Gasteiger partial charge in [0, 0.05) is 19.6 Å². The van der Waals surface area contributed by atoms with Gasteiger partial charge in [0.25, 0.3) is 0 Å². The topological polar surface area (TPSA) is 69.6 Å². The second-order valence-corrected chi connectivity index (χ2v) is 3.93. The summed E-state index contributed by atoms with van der Waals surface area (Å²) in [6.07, 6.45) is 3.95. The number of likely N-dealkylation sites (tertiary alicyclic amines) is 1. The van der Waals surface area contributed by atoms with Crippen molar-refractivity contribution in [2.45, 2.75) is 19.8 Å². The van der Waals surface area contributed by atoms with E-state index in [4.69, 9.17) is 5.11 Å². The first-order valence-corrected chi connectivity index (χ1v) is 5.66. The molecule has 1 radical (unpaired) electrons. The molecule has 1 rings (SSSR count). The average molecular weight is 227 g/mol. The van der Waals surface area contributed by atoms with Crippen molar-refractivity contribution in [2.75, 3.05) is 26.2 Å². The first-order chi connectivity index (χ1) is 7.66. The lowest BCUT2D eigenvalue weighted by Gasteiger charge is -2.28. The summed E-state index contributed by atoms with van der Waals surface area (Å²) in [5.74, 6) is -1.10. The summed E-state index contributed by atoms with van der Waals surface area (Å²) in [4.78, 5) is 25.1. The van der Waals surface area contributed by atoms with E-state index in [1.165, 1.54) is 0 Å². The Labute approximate surface area is 95.8 Å². The molecular formula is C11H19N2O3. The van der Waals surface area contributed by atoms with Crippen molar-refractivity contribution in [3.05, 3.63) is 6.42 Å². The van der Waals surface area contributed by atoms with Gasteiger partial charge in [-0.15, -0.1) is 0 Å². The molecule has 2 amide bonds. The van der Waals surface area contributed by atoms with E-state index in [-0.39, 0.29) is 25.0 Å². The van der Waals surface area contributed by atoms with Crippen LogP contribution in [-0.4, -0.2) is 48.1 Å². The highest BCUT2D eigenvalue weighted by atomic mass is 16.3. The summed E-state index contributed by atoms with van der Waals surface area (Å²) in [6.45, 7) is 3.11. The first-order valence-electron chi connectivity index (χ1n) is 5.66. The van der Waals surface area contributed by atoms with Crippen molar-refractivity contribution >= 4 is 11.8 Å². The zero-order valence-electron chi connectivity index (χ0n) is 9.61. The molecule has 0 bridgehead atoms. The zero-order valence-corrected chi connectivity index (χ0v) is 9.61. The minimum absolute atomic E-state index is 0.106. The monoisotopic (exact) mass is 227 g/mol. The summed E-state index contributed by atoms with van der Waals surface area (Å²) in [6, 6.07) is 0. The van der Waals surface area contributed by atoms with Gasteiger partial charge in [-0.1, -0.05) is 0 Å². The number of carbonyl (C=O) groups excluding carboxylic acids is 2. The van der Waals surface area contributed by atoms with Crippen LogP contribution >= 0.6 is 0 Å². The smallest absolute Gasteiger partial charge is 0.234 e. The number of nitrogens with zero attached hydrogens (tertiary/aromatic N) is 1. The van der Waals surface area contributed by atoms with E-state index in [9.17, 15) is 9.59 Å². The molecule has 5 nitrogen and oxygen atoms in total. The molecule has 1 aliphatic rings. The SMILES string of the molecule is CC(C(=O)NCCO)C(=O)N1CC[CH]CC1. The number of hydrogen-bond acceptors (Lipinski definition) is 3. The second-order valence-electron chi connectivity index (χ2n) is 3.93. The molecule has 1 saturated heterocycles. The van der Waals surface area contributed by atoms with Crippen LogP contribution in [0, 0.1) is 12.3 Å². The van der Waals surface area contributed by atoms with E-state index < -0.39 is 5.92 Å². The fourth-order valence-electron chi connectivity index (χ4n) is 1.69. The summed E-state index contributed by atoms with van der Waals surface area (Å²) >= 11 is 0. The molecule has 0 saturated carbocycles. The predicted octanol–water partition coefficient (Wildman–Crippen LogP) is -0.442. The van der Waals surface area contributed by atoms with E-state index in [0.717, 1.165) is 12.8 Å². The van der Waals surface area contributed by atoms with Crippen LogP contribution in [0.5, 0.6) is 0 Å². The molecule has 5 heteroatoms. The normalized spacial score (nSPS) is 18.0. The van der Waals surface area contributed by atoms with Gasteiger partial charge in [-0.3, -0.25) is 9.59 Å². The number of aliphatic hydroxyl groups is 1. The minimum Gasteiger partial charge on any atom is -0.395 e. The van der Waals surface area contributed by atoms with E-state index >= 15 is 0 Å². The fraction of sp³-hybridized carbons (Fsp3) is 0.727. The maximum absolute atomic E-state index is 11.9. The Hall–Kier alpha value is -1.10. The number of rotatable bonds is 4. The zero-order chi connectivity index (χ0) is 12.0. The summed E-state index contributed by atoms with van der Waals surface area (Å²) in [7, 11) is 0. The van der Waals surface area contributed by atoms with Crippen LogP contribution in [0.4, 0.5) is 0 Å². The number of amides is 2. The van der Waals surface area contributed by atoms with Gasteiger partial charge < -0.3 is 15.3 Å². The molecule has 1 aliphatic heterocycles. The third kappa shape index (κ3) is 3.48. The van der Waals surface area contributed by atoms with E-state index in [1.807, 2.05) is 0 Å². The van der Waals surface area contributed by atoms with E-state index in [0.29, 0.717) is 13.1 Å². The molecule has 1 unspecified atom stereocenters. The molecule has 1 fully saturated rings. The Balaban J connectivity index is 2.42. The maximum Gasteiger partial charge on any atom is 0.234 e. The summed E-state index contributed by atoms with van der Waals surface area (Å²) in [5.41, 5.74) is 0. The van der Waals surface area contributed by atoms with Crippen molar-refractivity contribution in [1.82, 2.24) is 10.2 Å².